The van der Waals surface area contributed by atoms with Crippen molar-refractivity contribution in [1.29, 1.82) is 0 Å². The van der Waals surface area contributed by atoms with Gasteiger partial charge in [-0.15, -0.1) is 0 Å². The number of methoxy groups -OCH3 is 1. The number of carbonyl (C=O) groups excluding carboxylic acids is 2. The van der Waals surface area contributed by atoms with Gasteiger partial charge in [-0.3, -0.25) is 9.59 Å². The fourth-order valence-corrected chi connectivity index (χ4v) is 0.591. The topological polar surface area (TPSA) is 65.1 Å². The second-order valence-electron chi connectivity index (χ2n) is 2.39. The Hall–Kier alpha value is -1.10. The normalized spacial score (nSPS) is 19.9. The molecule has 0 aromatic heterocycles. The van der Waals surface area contributed by atoms with Gasteiger partial charge in [-0.1, -0.05) is 0 Å². The van der Waals surface area contributed by atoms with Crippen LogP contribution in [0.1, 0.15) is 6.42 Å². The Bertz CT molecular complexity index is 184. The average Bonchev–Trinajstić information content (AvgIpc) is 2.83. The summed E-state index contributed by atoms with van der Waals surface area (Å²) in [5.41, 5.74) is 0. The predicted octanol–water partition coefficient (Wildman–Crippen LogP) is -0.509. The van der Waals surface area contributed by atoms with E-state index >= 15 is 0 Å². The Morgan fingerprint density at radius 3 is 2.67 bits per heavy atom. The maximum atomic E-state index is 10.8. The van der Waals surface area contributed by atoms with Gasteiger partial charge in [-0.05, 0) is 0 Å². The van der Waals surface area contributed by atoms with Crippen molar-refractivity contribution in [2.24, 2.45) is 0 Å². The molecule has 1 aliphatic rings. The van der Waals surface area contributed by atoms with E-state index in [1.165, 1.54) is 7.11 Å². The number of ether oxygens (including phenoxy) is 3. The summed E-state index contributed by atoms with van der Waals surface area (Å²) in [6.07, 6.45) is -0.296. The third kappa shape index (κ3) is 3.34. The van der Waals surface area contributed by atoms with Crippen LogP contribution in [0.25, 0.3) is 0 Å². The van der Waals surface area contributed by atoms with Gasteiger partial charge in [-0.25, -0.2) is 0 Å². The lowest BCUT2D eigenvalue weighted by Gasteiger charge is -2.00. The van der Waals surface area contributed by atoms with E-state index in [1.807, 2.05) is 0 Å². The van der Waals surface area contributed by atoms with Gasteiger partial charge in [-0.2, -0.15) is 0 Å². The second kappa shape index (κ2) is 4.06. The van der Waals surface area contributed by atoms with Crippen molar-refractivity contribution >= 4 is 11.9 Å². The van der Waals surface area contributed by atoms with Gasteiger partial charge >= 0.3 is 11.9 Å². The first-order valence-electron chi connectivity index (χ1n) is 3.56. The monoisotopic (exact) mass is 174 g/mol. The molecule has 1 saturated heterocycles. The molecule has 5 heteroatoms. The Morgan fingerprint density at radius 2 is 2.17 bits per heavy atom. The highest BCUT2D eigenvalue weighted by Crippen LogP contribution is 2.08. The zero-order valence-corrected chi connectivity index (χ0v) is 6.74. The highest BCUT2D eigenvalue weighted by molar-refractivity contribution is 5.91. The van der Waals surface area contributed by atoms with E-state index in [4.69, 9.17) is 4.74 Å². The molecule has 68 valence electrons. The van der Waals surface area contributed by atoms with Crippen molar-refractivity contribution < 1.29 is 23.8 Å². The number of carbonyl (C=O) groups is 2. The SMILES string of the molecule is COC(=O)CC(=O)OCC1CO1. The summed E-state index contributed by atoms with van der Waals surface area (Å²) in [5.74, 6) is -1.16. The van der Waals surface area contributed by atoms with Crippen molar-refractivity contribution in [1.82, 2.24) is 0 Å². The Balaban J connectivity index is 2.05. The minimum atomic E-state index is -0.586. The molecule has 12 heavy (non-hydrogen) atoms. The molecule has 0 amide bonds. The summed E-state index contributed by atoms with van der Waals surface area (Å²) in [4.78, 5) is 21.3. The number of hydrogen-bond acceptors (Lipinski definition) is 5. The third-order valence-corrected chi connectivity index (χ3v) is 1.35. The van der Waals surface area contributed by atoms with Gasteiger partial charge in [0.2, 0.25) is 0 Å². The molecule has 0 aromatic rings. The highest BCUT2D eigenvalue weighted by Gasteiger charge is 2.24. The van der Waals surface area contributed by atoms with Crippen molar-refractivity contribution in [3.63, 3.8) is 0 Å². The summed E-state index contributed by atoms with van der Waals surface area (Å²) < 4.78 is 13.7. The summed E-state index contributed by atoms with van der Waals surface area (Å²) in [7, 11) is 1.22. The minimum Gasteiger partial charge on any atom is -0.469 e. The van der Waals surface area contributed by atoms with E-state index in [1.54, 1.807) is 0 Å². The van der Waals surface area contributed by atoms with E-state index in [-0.39, 0.29) is 19.1 Å². The van der Waals surface area contributed by atoms with Crippen molar-refractivity contribution in [2.45, 2.75) is 12.5 Å². The van der Waals surface area contributed by atoms with Gasteiger partial charge < -0.3 is 14.2 Å². The van der Waals surface area contributed by atoms with Crippen LogP contribution in [-0.2, 0) is 23.8 Å². The van der Waals surface area contributed by atoms with Gasteiger partial charge in [0.05, 0.1) is 13.7 Å². The quantitative estimate of drug-likeness (QED) is 0.326. The zero-order chi connectivity index (χ0) is 8.97. The zero-order valence-electron chi connectivity index (χ0n) is 6.74. The molecule has 1 heterocycles. The van der Waals surface area contributed by atoms with E-state index < -0.39 is 11.9 Å². The largest absolute Gasteiger partial charge is 0.469 e. The first kappa shape index (κ1) is 8.99. The van der Waals surface area contributed by atoms with Crippen LogP contribution in [0, 0.1) is 0 Å². The lowest BCUT2D eigenvalue weighted by atomic mass is 10.4. The molecule has 0 aliphatic carbocycles. The van der Waals surface area contributed by atoms with Crippen LogP contribution in [0.2, 0.25) is 0 Å². The molecule has 0 N–H and O–H groups in total. The summed E-state index contributed by atoms with van der Waals surface area (Å²) >= 11 is 0. The average molecular weight is 174 g/mol. The Labute approximate surface area is 69.6 Å². The first-order valence-corrected chi connectivity index (χ1v) is 3.56. The molecule has 1 rings (SSSR count). The van der Waals surface area contributed by atoms with Crippen LogP contribution in [0.5, 0.6) is 0 Å². The standard InChI is InChI=1S/C7H10O5/c1-10-6(8)2-7(9)12-4-5-3-11-5/h5H,2-4H2,1H3. The van der Waals surface area contributed by atoms with Gasteiger partial charge in [0.1, 0.15) is 19.1 Å². The molecule has 0 saturated carbocycles. The molecule has 0 aromatic carbocycles. The van der Waals surface area contributed by atoms with Crippen molar-refractivity contribution in [3.05, 3.63) is 0 Å². The summed E-state index contributed by atoms with van der Waals surface area (Å²) in [6.45, 7) is 0.862. The molecule has 1 aliphatic heterocycles. The predicted molar refractivity (Wildman–Crippen MR) is 37.3 cm³/mol. The van der Waals surface area contributed by atoms with Crippen LogP contribution >= 0.6 is 0 Å². The second-order valence-corrected chi connectivity index (χ2v) is 2.39. The first-order chi connectivity index (χ1) is 5.72. The number of hydrogen-bond donors (Lipinski definition) is 0. The molecular weight excluding hydrogens is 164 g/mol. The van der Waals surface area contributed by atoms with Gasteiger partial charge in [0.25, 0.3) is 0 Å². The molecule has 0 spiro atoms. The molecule has 0 bridgehead atoms. The third-order valence-electron chi connectivity index (χ3n) is 1.35. The summed E-state index contributed by atoms with van der Waals surface area (Å²) in [5, 5.41) is 0. The van der Waals surface area contributed by atoms with Crippen LogP contribution < -0.4 is 0 Å². The van der Waals surface area contributed by atoms with Crippen LogP contribution in [0.4, 0.5) is 0 Å². The molecular formula is C7H10O5. The maximum absolute atomic E-state index is 10.8. The highest BCUT2D eigenvalue weighted by atomic mass is 16.6. The van der Waals surface area contributed by atoms with Crippen LogP contribution in [0.3, 0.4) is 0 Å². The van der Waals surface area contributed by atoms with Crippen LogP contribution in [-0.4, -0.2) is 38.4 Å². The van der Waals surface area contributed by atoms with Gasteiger partial charge in [0.15, 0.2) is 0 Å². The molecule has 0 radical (unpaired) electrons. The fourth-order valence-electron chi connectivity index (χ4n) is 0.591. The van der Waals surface area contributed by atoms with E-state index in [2.05, 4.69) is 9.47 Å². The van der Waals surface area contributed by atoms with E-state index in [0.717, 1.165) is 0 Å². The molecule has 5 nitrogen and oxygen atoms in total. The smallest absolute Gasteiger partial charge is 0.317 e. The van der Waals surface area contributed by atoms with E-state index in [0.29, 0.717) is 6.61 Å². The van der Waals surface area contributed by atoms with E-state index in [9.17, 15) is 9.59 Å². The molecule has 1 unspecified atom stereocenters. The van der Waals surface area contributed by atoms with Gasteiger partial charge in [0, 0.05) is 0 Å². The molecule has 1 fully saturated rings. The Kier molecular flexibility index (Phi) is 3.04. The summed E-state index contributed by atoms with van der Waals surface area (Å²) in [6, 6.07) is 0. The fraction of sp³-hybridized carbons (Fsp3) is 0.714. The lowest BCUT2D eigenvalue weighted by Crippen LogP contribution is -2.14. The maximum Gasteiger partial charge on any atom is 0.317 e. The van der Waals surface area contributed by atoms with Crippen molar-refractivity contribution in [3.8, 4) is 0 Å². The number of rotatable bonds is 4. The molecule has 1 atom stereocenters. The Morgan fingerprint density at radius 1 is 1.50 bits per heavy atom. The number of esters is 2. The van der Waals surface area contributed by atoms with Crippen molar-refractivity contribution in [2.75, 3.05) is 20.3 Å². The lowest BCUT2D eigenvalue weighted by molar-refractivity contribution is -0.153. The number of epoxide rings is 1. The minimum absolute atomic E-state index is 0.0339. The van der Waals surface area contributed by atoms with Crippen LogP contribution in [0.15, 0.2) is 0 Å².